The number of carbonyl (C=O) groups is 1. The number of amides is 1. The lowest BCUT2D eigenvalue weighted by Crippen LogP contribution is -2.48. The normalized spacial score (nSPS) is 23.8. The number of nitrogens with two attached hydrogens (primary N) is 1. The Bertz CT molecular complexity index is 386. The van der Waals surface area contributed by atoms with Crippen LogP contribution >= 0.6 is 24.0 Å². The maximum absolute atomic E-state index is 12.2. The molecule has 1 unspecified atom stereocenters. The van der Waals surface area contributed by atoms with Gasteiger partial charge in [0.25, 0.3) is 0 Å². The lowest BCUT2D eigenvalue weighted by atomic mass is 9.94. The van der Waals surface area contributed by atoms with Crippen molar-refractivity contribution in [2.75, 3.05) is 33.3 Å². The molecule has 1 atom stereocenters. The van der Waals surface area contributed by atoms with Gasteiger partial charge in [0, 0.05) is 26.2 Å². The Kier molecular flexibility index (Phi) is 8.45. The predicted octanol–water partition coefficient (Wildman–Crippen LogP) is 1.43. The van der Waals surface area contributed by atoms with Gasteiger partial charge in [-0.3, -0.25) is 4.79 Å². The number of nitrogens with zero attached hydrogens (tertiary/aromatic N) is 3. The fourth-order valence-electron chi connectivity index (χ4n) is 3.06. The molecule has 1 heterocycles. The highest BCUT2D eigenvalue weighted by atomic mass is 127. The summed E-state index contributed by atoms with van der Waals surface area (Å²) in [4.78, 5) is 20.3. The van der Waals surface area contributed by atoms with Crippen LogP contribution in [-0.4, -0.2) is 67.1 Å². The molecule has 0 aromatic heterocycles. The van der Waals surface area contributed by atoms with E-state index in [1.807, 2.05) is 23.8 Å². The van der Waals surface area contributed by atoms with Gasteiger partial charge in [-0.25, -0.2) is 4.99 Å². The molecule has 2 aliphatic rings. The van der Waals surface area contributed by atoms with E-state index in [-0.39, 0.29) is 42.5 Å². The van der Waals surface area contributed by atoms with Crippen LogP contribution in [0.15, 0.2) is 4.99 Å². The smallest absolute Gasteiger partial charge is 0.244 e. The molecule has 0 bridgehead atoms. The maximum Gasteiger partial charge on any atom is 0.244 e. The standard InChI is InChI=1S/C15H28N4O2.HI/c1-12-11-19(8-9-21-12)15(16)17-10-14(20)18(2)13-6-4-3-5-7-13;/h12-13H,3-11H2,1-2H3,(H2,16,17);1H. The van der Waals surface area contributed by atoms with Crippen LogP contribution in [0.4, 0.5) is 0 Å². The molecule has 0 aromatic carbocycles. The molecule has 6 nitrogen and oxygen atoms in total. The molecule has 128 valence electrons. The highest BCUT2D eigenvalue weighted by molar-refractivity contribution is 14.0. The van der Waals surface area contributed by atoms with Crippen LogP contribution in [0.5, 0.6) is 0 Å². The van der Waals surface area contributed by atoms with Crippen LogP contribution in [0.2, 0.25) is 0 Å². The highest BCUT2D eigenvalue weighted by Crippen LogP contribution is 2.21. The molecule has 0 radical (unpaired) electrons. The number of morpholine rings is 1. The molecule has 22 heavy (non-hydrogen) atoms. The van der Waals surface area contributed by atoms with Crippen molar-refractivity contribution in [2.45, 2.75) is 51.2 Å². The van der Waals surface area contributed by atoms with Gasteiger partial charge >= 0.3 is 0 Å². The monoisotopic (exact) mass is 424 g/mol. The van der Waals surface area contributed by atoms with E-state index in [0.717, 1.165) is 25.9 Å². The zero-order chi connectivity index (χ0) is 15.2. The number of hydrogen-bond donors (Lipinski definition) is 1. The molecule has 0 spiro atoms. The number of likely N-dealkylation sites (N-methyl/N-ethyl adjacent to an activating group) is 1. The van der Waals surface area contributed by atoms with Gasteiger partial charge in [0.2, 0.25) is 5.91 Å². The number of halogens is 1. The molecule has 0 aromatic rings. The van der Waals surface area contributed by atoms with Crippen LogP contribution in [-0.2, 0) is 9.53 Å². The Labute approximate surface area is 150 Å². The Morgan fingerprint density at radius 3 is 2.68 bits per heavy atom. The van der Waals surface area contributed by atoms with Gasteiger partial charge in [0.15, 0.2) is 5.96 Å². The zero-order valence-electron chi connectivity index (χ0n) is 13.7. The average molecular weight is 424 g/mol. The number of ether oxygens (including phenoxy) is 1. The third kappa shape index (κ3) is 5.57. The van der Waals surface area contributed by atoms with Crippen LogP contribution < -0.4 is 5.73 Å². The van der Waals surface area contributed by atoms with Crippen LogP contribution in [0.3, 0.4) is 0 Å². The third-order valence-electron chi connectivity index (χ3n) is 4.46. The lowest BCUT2D eigenvalue weighted by Gasteiger charge is -2.32. The lowest BCUT2D eigenvalue weighted by molar-refractivity contribution is -0.130. The molecule has 1 saturated heterocycles. The first-order valence-electron chi connectivity index (χ1n) is 8.00. The fourth-order valence-corrected chi connectivity index (χ4v) is 3.06. The molecule has 1 aliphatic carbocycles. The van der Waals surface area contributed by atoms with Gasteiger partial charge < -0.3 is 20.3 Å². The summed E-state index contributed by atoms with van der Waals surface area (Å²) < 4.78 is 5.47. The molecule has 1 aliphatic heterocycles. The summed E-state index contributed by atoms with van der Waals surface area (Å²) in [7, 11) is 1.89. The second-order valence-corrected chi connectivity index (χ2v) is 6.10. The Balaban J connectivity index is 0.00000242. The first-order chi connectivity index (χ1) is 10.1. The number of carbonyl (C=O) groups excluding carboxylic acids is 1. The Morgan fingerprint density at radius 1 is 1.36 bits per heavy atom. The van der Waals surface area contributed by atoms with Crippen molar-refractivity contribution in [3.8, 4) is 0 Å². The molecule has 2 N–H and O–H groups in total. The van der Waals surface area contributed by atoms with E-state index >= 15 is 0 Å². The minimum Gasteiger partial charge on any atom is -0.375 e. The second-order valence-electron chi connectivity index (χ2n) is 6.10. The first-order valence-corrected chi connectivity index (χ1v) is 8.00. The van der Waals surface area contributed by atoms with E-state index in [2.05, 4.69) is 4.99 Å². The van der Waals surface area contributed by atoms with E-state index in [9.17, 15) is 4.79 Å². The Hall–Kier alpha value is -0.570. The van der Waals surface area contributed by atoms with Gasteiger partial charge in [0.1, 0.15) is 6.54 Å². The van der Waals surface area contributed by atoms with Crippen molar-refractivity contribution >= 4 is 35.8 Å². The summed E-state index contributed by atoms with van der Waals surface area (Å²) in [5.41, 5.74) is 5.99. The van der Waals surface area contributed by atoms with Gasteiger partial charge in [-0.2, -0.15) is 0 Å². The summed E-state index contributed by atoms with van der Waals surface area (Å²) in [5.74, 6) is 0.515. The molecule has 1 amide bonds. The van der Waals surface area contributed by atoms with E-state index in [1.54, 1.807) is 0 Å². The quantitative estimate of drug-likeness (QED) is 0.423. The molecule has 1 saturated carbocycles. The number of guanidine groups is 1. The second kappa shape index (κ2) is 9.54. The summed E-state index contributed by atoms with van der Waals surface area (Å²) >= 11 is 0. The van der Waals surface area contributed by atoms with Gasteiger partial charge in [0.05, 0.1) is 12.7 Å². The van der Waals surface area contributed by atoms with Crippen molar-refractivity contribution in [3.63, 3.8) is 0 Å². The average Bonchev–Trinajstić information content (AvgIpc) is 2.52. The minimum atomic E-state index is 0. The summed E-state index contributed by atoms with van der Waals surface area (Å²) in [6.45, 7) is 4.30. The number of aliphatic imine (C=N–C) groups is 1. The summed E-state index contributed by atoms with van der Waals surface area (Å²) in [6.07, 6.45) is 6.12. The van der Waals surface area contributed by atoms with Gasteiger partial charge in [-0.1, -0.05) is 19.3 Å². The Morgan fingerprint density at radius 2 is 2.05 bits per heavy atom. The van der Waals surface area contributed by atoms with Crippen molar-refractivity contribution < 1.29 is 9.53 Å². The molecular formula is C15H29IN4O2. The summed E-state index contributed by atoms with van der Waals surface area (Å²) in [6, 6.07) is 0.381. The van der Waals surface area contributed by atoms with Gasteiger partial charge in [-0.05, 0) is 19.8 Å². The minimum absolute atomic E-state index is 0. The van der Waals surface area contributed by atoms with E-state index in [0.29, 0.717) is 18.6 Å². The van der Waals surface area contributed by atoms with Crippen LogP contribution in [0, 0.1) is 0 Å². The largest absolute Gasteiger partial charge is 0.375 e. The predicted molar refractivity (Wildman–Crippen MR) is 98.5 cm³/mol. The highest BCUT2D eigenvalue weighted by Gasteiger charge is 2.22. The van der Waals surface area contributed by atoms with Gasteiger partial charge in [-0.15, -0.1) is 24.0 Å². The third-order valence-corrected chi connectivity index (χ3v) is 4.46. The van der Waals surface area contributed by atoms with Crippen molar-refractivity contribution in [3.05, 3.63) is 0 Å². The molecule has 2 rings (SSSR count). The zero-order valence-corrected chi connectivity index (χ0v) is 16.0. The number of hydrogen-bond acceptors (Lipinski definition) is 3. The van der Waals surface area contributed by atoms with Crippen molar-refractivity contribution in [2.24, 2.45) is 10.7 Å². The van der Waals surface area contributed by atoms with E-state index in [4.69, 9.17) is 10.5 Å². The van der Waals surface area contributed by atoms with Crippen LogP contribution in [0.25, 0.3) is 0 Å². The maximum atomic E-state index is 12.2. The molecule has 2 fully saturated rings. The molecule has 7 heteroatoms. The van der Waals surface area contributed by atoms with E-state index in [1.165, 1.54) is 19.3 Å². The van der Waals surface area contributed by atoms with Crippen molar-refractivity contribution in [1.82, 2.24) is 9.80 Å². The number of rotatable bonds is 3. The summed E-state index contributed by atoms with van der Waals surface area (Å²) in [5, 5.41) is 0. The van der Waals surface area contributed by atoms with E-state index < -0.39 is 0 Å². The van der Waals surface area contributed by atoms with Crippen molar-refractivity contribution in [1.29, 1.82) is 0 Å². The first kappa shape index (κ1) is 19.5. The molecular weight excluding hydrogens is 395 g/mol. The van der Waals surface area contributed by atoms with Crippen LogP contribution in [0.1, 0.15) is 39.0 Å². The topological polar surface area (TPSA) is 71.2 Å². The SMILES string of the molecule is CC1CN(C(N)=NCC(=O)N(C)C2CCCCC2)CCO1.I. The fraction of sp³-hybridized carbons (Fsp3) is 0.867.